The van der Waals surface area contributed by atoms with E-state index in [0.29, 0.717) is 0 Å². The van der Waals surface area contributed by atoms with Gasteiger partial charge >= 0.3 is 11.9 Å². The third kappa shape index (κ3) is 8.67. The first-order valence-electron chi connectivity index (χ1n) is 14.4. The van der Waals surface area contributed by atoms with Crippen molar-refractivity contribution in [2.45, 2.75) is 51.9 Å². The largest absolute Gasteiger partial charge is 0.465 e. The van der Waals surface area contributed by atoms with E-state index >= 15 is 0 Å². The van der Waals surface area contributed by atoms with Gasteiger partial charge in [0, 0.05) is 37.4 Å². The predicted molar refractivity (Wildman–Crippen MR) is 77.6 cm³/mol. The van der Waals surface area contributed by atoms with Gasteiger partial charge in [0.2, 0.25) is 0 Å². The van der Waals surface area contributed by atoms with Gasteiger partial charge in [0.15, 0.2) is 0 Å². The monoisotopic (exact) mass is 322 g/mol. The molecule has 0 heterocycles. The van der Waals surface area contributed by atoms with E-state index in [9.17, 15) is 19.8 Å². The van der Waals surface area contributed by atoms with Crippen LogP contribution in [0.3, 0.4) is 0 Å². The summed E-state index contributed by atoms with van der Waals surface area (Å²) in [5.41, 5.74) is -2.30. The van der Waals surface area contributed by atoms with Gasteiger partial charge in [0.1, 0.15) is 13.2 Å². The minimum absolute atomic E-state index is 1.26. The maximum absolute atomic E-state index is 12.3. The molecule has 0 aliphatic rings. The number of rotatable bonds is 12. The van der Waals surface area contributed by atoms with E-state index < -0.39 is 95.7 Å². The molecule has 6 nitrogen and oxygen atoms in total. The quantitative estimate of drug-likeness (QED) is 0.528. The van der Waals surface area contributed by atoms with Crippen LogP contribution in [0.1, 0.15) is 76.6 Å². The number of hydrogen-bond acceptors (Lipinski definition) is 6. The number of carbonyl (C=O) groups is 2. The van der Waals surface area contributed by atoms with Gasteiger partial charge in [-0.15, -0.1) is 0 Å². The molecule has 0 saturated carbocycles. The summed E-state index contributed by atoms with van der Waals surface area (Å²) in [5.74, 6) is -4.40. The molecule has 0 rings (SSSR count). The topological polar surface area (TPSA) is 93.1 Å². The van der Waals surface area contributed by atoms with Gasteiger partial charge in [-0.05, 0) is 12.7 Å². The van der Waals surface area contributed by atoms with Crippen LogP contribution in [0.25, 0.3) is 0 Å². The molecule has 0 spiro atoms. The van der Waals surface area contributed by atoms with E-state index in [-0.39, 0.29) is 0 Å². The van der Waals surface area contributed by atoms with Gasteiger partial charge in [0.05, 0.1) is 18.6 Å². The Morgan fingerprint density at radius 2 is 1.43 bits per heavy atom. The Morgan fingerprint density at radius 3 is 1.76 bits per heavy atom. The average Bonchev–Trinajstić information content (AvgIpc) is 2.76. The smallest absolute Gasteiger partial charge is 0.305 e. The lowest BCUT2D eigenvalue weighted by molar-refractivity contribution is -0.159. The average molecular weight is 322 g/mol. The van der Waals surface area contributed by atoms with Crippen molar-refractivity contribution in [2.75, 3.05) is 26.4 Å². The van der Waals surface area contributed by atoms with E-state index in [2.05, 4.69) is 9.47 Å². The highest BCUT2D eigenvalue weighted by Crippen LogP contribution is 2.18. The van der Waals surface area contributed by atoms with Crippen LogP contribution in [0.5, 0.6) is 0 Å². The first-order chi connectivity index (χ1) is 16.9. The first-order valence-corrected chi connectivity index (χ1v) is 5.44. The minimum Gasteiger partial charge on any atom is -0.465 e. The molecule has 0 amide bonds. The van der Waals surface area contributed by atoms with Crippen LogP contribution >= 0.6 is 0 Å². The predicted octanol–water partition coefficient (Wildman–Crippen LogP) is 1.42. The summed E-state index contributed by atoms with van der Waals surface area (Å²) in [6.07, 6.45) is -23.9. The summed E-state index contributed by atoms with van der Waals surface area (Å²) in [6, 6.07) is 0. The molecule has 0 aromatic rings. The zero-order valence-electron chi connectivity index (χ0n) is 28.9. The van der Waals surface area contributed by atoms with Crippen LogP contribution < -0.4 is 0 Å². The lowest BCUT2D eigenvalue weighted by atomic mass is 9.92. The summed E-state index contributed by atoms with van der Waals surface area (Å²) < 4.78 is 143. The molecule has 0 radical (unpaired) electrons. The van der Waals surface area contributed by atoms with Crippen molar-refractivity contribution in [3.05, 3.63) is 0 Å². The van der Waals surface area contributed by atoms with Gasteiger partial charge < -0.3 is 19.7 Å². The molecule has 0 bridgehead atoms. The minimum atomic E-state index is -4.03. The molecule has 0 saturated heterocycles. The lowest BCUT2D eigenvalue weighted by Gasteiger charge is -2.28. The number of ether oxygens (including phenoxy) is 2. The number of esters is 2. The fourth-order valence-corrected chi connectivity index (χ4v) is 0.948. The number of carbonyl (C=O) groups excluding carboxylic acids is 2. The van der Waals surface area contributed by atoms with E-state index in [1.54, 1.807) is 0 Å². The Balaban J connectivity index is 5.90. The summed E-state index contributed by atoms with van der Waals surface area (Å²) in [5, 5.41) is 19.3. The van der Waals surface area contributed by atoms with Crippen LogP contribution in [-0.4, -0.2) is 48.6 Å². The fraction of sp³-hybridized carbons (Fsp3) is 0.867. The Kier molecular flexibility index (Phi) is 2.85. The molecule has 0 atom stereocenters. The normalized spacial score (nSPS) is 29.2. The fourth-order valence-electron chi connectivity index (χ4n) is 0.948. The van der Waals surface area contributed by atoms with Gasteiger partial charge in [-0.1, -0.05) is 26.4 Å². The second kappa shape index (κ2) is 11.5. The third-order valence-corrected chi connectivity index (χ3v) is 2.14. The summed E-state index contributed by atoms with van der Waals surface area (Å²) >= 11 is 0. The lowest BCUT2D eigenvalue weighted by Crippen LogP contribution is -2.41. The highest BCUT2D eigenvalue weighted by Gasteiger charge is 2.32. The van der Waals surface area contributed by atoms with Crippen LogP contribution in [0.15, 0.2) is 0 Å². The van der Waals surface area contributed by atoms with Gasteiger partial charge in [-0.25, -0.2) is 0 Å². The maximum atomic E-state index is 12.3. The molecular weight excluding hydrogens is 276 g/mol. The zero-order chi connectivity index (χ0) is 31.9. The van der Waals surface area contributed by atoms with Crippen molar-refractivity contribution in [3.8, 4) is 0 Å². The van der Waals surface area contributed by atoms with Crippen molar-refractivity contribution >= 4 is 11.9 Å². The van der Waals surface area contributed by atoms with Crippen LogP contribution in [0.2, 0.25) is 0 Å². The Morgan fingerprint density at radius 1 is 1.00 bits per heavy atom. The molecular formula is C15H28O6. The van der Waals surface area contributed by atoms with Crippen LogP contribution in [0, 0.1) is 5.41 Å². The molecule has 6 heteroatoms. The SMILES string of the molecule is [2H]C([2H])([2H])C([2H])([2H])C([2H])([2H])C([2H])([2H])C(=O)OCC(CO)(CO)COC(=O)C([2H])([2H])C([2H])([2H])C([2H])([2H])C([2H])([2H])[2H]. The number of aliphatic hydroxyl groups excluding tert-OH is 2. The van der Waals surface area contributed by atoms with Gasteiger partial charge in [-0.2, -0.15) is 0 Å². The number of aliphatic hydroxyl groups is 2. The molecule has 2 N–H and O–H groups in total. The van der Waals surface area contributed by atoms with Crippen LogP contribution in [-0.2, 0) is 19.1 Å². The molecule has 0 aromatic heterocycles. The van der Waals surface area contributed by atoms with Crippen molar-refractivity contribution < 1.29 is 53.9 Å². The number of hydrogen-bond donors (Lipinski definition) is 2. The molecule has 124 valence electrons. The highest BCUT2D eigenvalue weighted by molar-refractivity contribution is 5.69. The third-order valence-electron chi connectivity index (χ3n) is 2.14. The highest BCUT2D eigenvalue weighted by atomic mass is 16.5. The standard InChI is InChI=1S/C15H28O6/c1-3-5-7-13(18)20-11-15(9-16,10-17)12-21-14(19)8-6-4-2/h16-17H,3-12H2,1-2H3/i1D3,2D3,3D2,4D2,5D2,6D2,7D2,8D2. The van der Waals surface area contributed by atoms with Gasteiger partial charge in [-0.3, -0.25) is 9.59 Å². The van der Waals surface area contributed by atoms with Crippen molar-refractivity contribution in [3.63, 3.8) is 0 Å². The summed E-state index contributed by atoms with van der Waals surface area (Å²) in [7, 11) is 0. The van der Waals surface area contributed by atoms with Crippen molar-refractivity contribution in [1.82, 2.24) is 0 Å². The van der Waals surface area contributed by atoms with Crippen LogP contribution in [0.4, 0.5) is 0 Å². The Bertz CT molecular complexity index is 820. The summed E-state index contributed by atoms with van der Waals surface area (Å²) in [4.78, 5) is 24.7. The Hall–Kier alpha value is -1.14. The zero-order valence-corrected chi connectivity index (χ0v) is 10.9. The second-order valence-electron chi connectivity index (χ2n) is 3.72. The van der Waals surface area contributed by atoms with E-state index in [1.807, 2.05) is 0 Å². The second-order valence-corrected chi connectivity index (χ2v) is 3.72. The molecule has 0 aliphatic heterocycles. The molecule has 0 fully saturated rings. The van der Waals surface area contributed by atoms with E-state index in [4.69, 9.17) is 24.7 Å². The summed E-state index contributed by atoms with van der Waals surface area (Å²) in [6.45, 7) is -12.6. The van der Waals surface area contributed by atoms with E-state index in [0.717, 1.165) is 0 Å². The maximum Gasteiger partial charge on any atom is 0.305 e. The molecule has 0 aliphatic carbocycles. The Labute approximate surface area is 151 Å². The van der Waals surface area contributed by atoms with Gasteiger partial charge in [0.25, 0.3) is 0 Å². The first kappa shape index (κ1) is 5.20. The van der Waals surface area contributed by atoms with E-state index in [1.165, 1.54) is 0 Å². The van der Waals surface area contributed by atoms with Crippen molar-refractivity contribution in [2.24, 2.45) is 5.41 Å². The van der Waals surface area contributed by atoms with Crippen molar-refractivity contribution in [1.29, 1.82) is 0 Å². The molecule has 21 heavy (non-hydrogen) atoms. The molecule has 0 unspecified atom stereocenters. The molecule has 0 aromatic carbocycles.